The van der Waals surface area contributed by atoms with Crippen LogP contribution in [0, 0.1) is 0 Å². The van der Waals surface area contributed by atoms with Crippen molar-refractivity contribution in [1.82, 2.24) is 9.97 Å². The van der Waals surface area contributed by atoms with E-state index >= 15 is 0 Å². The van der Waals surface area contributed by atoms with E-state index in [0.717, 1.165) is 16.0 Å². The summed E-state index contributed by atoms with van der Waals surface area (Å²) in [5.41, 5.74) is 0.896. The van der Waals surface area contributed by atoms with E-state index in [9.17, 15) is 4.79 Å². The molecule has 86 valence electrons. The number of anilines is 1. The third-order valence-corrected chi connectivity index (χ3v) is 3.43. The van der Waals surface area contributed by atoms with Crippen LogP contribution in [-0.2, 0) is 4.79 Å². The van der Waals surface area contributed by atoms with Crippen molar-refractivity contribution in [3.8, 4) is 0 Å². The van der Waals surface area contributed by atoms with Gasteiger partial charge < -0.3 is 10.1 Å². The number of nitrogens with zero attached hydrogens (tertiary/aromatic N) is 2. The highest BCUT2D eigenvalue weighted by Gasteiger charge is 2.18. The molecule has 2 rings (SSSR count). The van der Waals surface area contributed by atoms with Crippen LogP contribution in [-0.4, -0.2) is 35.4 Å². The highest BCUT2D eigenvalue weighted by Crippen LogP contribution is 2.25. The lowest BCUT2D eigenvalue weighted by atomic mass is 9.85. The van der Waals surface area contributed by atoms with Crippen LogP contribution in [0.2, 0.25) is 0 Å². The number of alkyl halides is 1. The van der Waals surface area contributed by atoms with Crippen molar-refractivity contribution in [2.75, 3.05) is 11.9 Å². The average Bonchev–Trinajstić information content (AvgIpc) is 2.78. The number of aldehydes is 1. The molecule has 0 bridgehead atoms. The fourth-order valence-electron chi connectivity index (χ4n) is 1.35. The highest BCUT2D eigenvalue weighted by molar-refractivity contribution is 7.17. The lowest BCUT2D eigenvalue weighted by Gasteiger charge is -2.14. The number of carbonyl (C=O) groups excluding carboxylic acids is 1. The van der Waals surface area contributed by atoms with Gasteiger partial charge in [-0.1, -0.05) is 0 Å². The van der Waals surface area contributed by atoms with Gasteiger partial charge in [0.15, 0.2) is 0 Å². The molecule has 0 amide bonds. The zero-order valence-electron chi connectivity index (χ0n) is 8.89. The van der Waals surface area contributed by atoms with Crippen LogP contribution >= 0.6 is 22.9 Å². The second kappa shape index (κ2) is 5.02. The molecule has 2 aromatic rings. The normalized spacial score (nSPS) is 14.4. The molecule has 2 aromatic heterocycles. The number of aromatic nitrogens is 2. The van der Waals surface area contributed by atoms with Gasteiger partial charge in [0.05, 0.1) is 15.0 Å². The lowest BCUT2D eigenvalue weighted by molar-refractivity contribution is -0.108. The van der Waals surface area contributed by atoms with Gasteiger partial charge in [0.25, 0.3) is 0 Å². The summed E-state index contributed by atoms with van der Waals surface area (Å²) in [5.74, 6) is 0.739. The number of hydrogen-bond donors (Lipinski definition) is 1. The molecule has 2 radical (unpaired) electrons. The summed E-state index contributed by atoms with van der Waals surface area (Å²) in [6.07, 6.45) is 2.36. The number of thiophene rings is 1. The molecule has 4 nitrogen and oxygen atoms in total. The fourth-order valence-corrected chi connectivity index (χ4v) is 2.25. The van der Waals surface area contributed by atoms with Crippen molar-refractivity contribution >= 4 is 53.1 Å². The predicted octanol–water partition coefficient (Wildman–Crippen LogP) is 1.80. The Kier molecular flexibility index (Phi) is 3.64. The molecule has 0 saturated heterocycles. The van der Waals surface area contributed by atoms with Crippen molar-refractivity contribution in [3.63, 3.8) is 0 Å². The first-order valence-corrected chi connectivity index (χ1v) is 6.24. The van der Waals surface area contributed by atoms with Gasteiger partial charge in [-0.2, -0.15) is 0 Å². The smallest absolute Gasteiger partial charge is 0.147 e. The number of nitrogens with one attached hydrogen (secondary N) is 1. The van der Waals surface area contributed by atoms with Crippen molar-refractivity contribution in [3.05, 3.63) is 17.8 Å². The molecule has 1 atom stereocenters. The molecule has 7 heteroatoms. The molecule has 0 fully saturated rings. The number of rotatable bonds is 5. The summed E-state index contributed by atoms with van der Waals surface area (Å²) in [6, 6.07) is 1.92. The first-order valence-electron chi connectivity index (χ1n) is 4.98. The summed E-state index contributed by atoms with van der Waals surface area (Å²) in [6.45, 7) is 0.475. The Morgan fingerprint density at radius 1 is 1.59 bits per heavy atom. The minimum atomic E-state index is -1.31. The van der Waals surface area contributed by atoms with Crippen molar-refractivity contribution in [2.45, 2.75) is 11.2 Å². The lowest BCUT2D eigenvalue weighted by Crippen LogP contribution is -2.26. The van der Waals surface area contributed by atoms with E-state index < -0.39 is 4.77 Å². The predicted molar refractivity (Wildman–Crippen MR) is 70.9 cm³/mol. The zero-order chi connectivity index (χ0) is 12.3. The quantitative estimate of drug-likeness (QED) is 0.509. The largest absolute Gasteiger partial charge is 0.369 e. The maximum absolute atomic E-state index is 10.5. The van der Waals surface area contributed by atoms with Crippen LogP contribution in [0.1, 0.15) is 6.42 Å². The van der Waals surface area contributed by atoms with Crippen LogP contribution in [0.15, 0.2) is 17.8 Å². The van der Waals surface area contributed by atoms with Gasteiger partial charge in [-0.15, -0.1) is 22.9 Å². The summed E-state index contributed by atoms with van der Waals surface area (Å²) in [5, 5.41) is 5.05. The highest BCUT2D eigenvalue weighted by atomic mass is 35.5. The minimum Gasteiger partial charge on any atom is -0.369 e. The number of carbonyl (C=O) groups is 1. The Balaban J connectivity index is 2.04. The zero-order valence-corrected chi connectivity index (χ0v) is 10.5. The molecule has 0 saturated carbocycles. The average molecular weight is 266 g/mol. The third kappa shape index (κ3) is 2.95. The molecule has 0 spiro atoms. The van der Waals surface area contributed by atoms with Crippen molar-refractivity contribution in [1.29, 1.82) is 0 Å². The van der Waals surface area contributed by atoms with Crippen LogP contribution in [0.25, 0.3) is 10.2 Å². The summed E-state index contributed by atoms with van der Waals surface area (Å²) in [4.78, 5) is 18.8. The van der Waals surface area contributed by atoms with Crippen LogP contribution in [0.3, 0.4) is 0 Å². The Hall–Kier alpha value is -1.14. The molecule has 17 heavy (non-hydrogen) atoms. The van der Waals surface area contributed by atoms with E-state index in [-0.39, 0.29) is 0 Å². The van der Waals surface area contributed by atoms with Gasteiger partial charge in [0.2, 0.25) is 0 Å². The first-order chi connectivity index (χ1) is 8.12. The molecule has 0 aliphatic carbocycles. The molecular formula is C10H9BClN3OS. The third-order valence-electron chi connectivity index (χ3n) is 2.24. The maximum atomic E-state index is 10.5. The van der Waals surface area contributed by atoms with E-state index in [2.05, 4.69) is 15.3 Å². The summed E-state index contributed by atoms with van der Waals surface area (Å²) in [7, 11) is 5.50. The minimum absolute atomic E-state index is 0.328. The molecule has 2 heterocycles. The molecule has 1 unspecified atom stereocenters. The van der Waals surface area contributed by atoms with Gasteiger partial charge in [-0.3, -0.25) is 0 Å². The fraction of sp³-hybridized carbons (Fsp3) is 0.300. The SMILES string of the molecule is [B]C(Cl)(C=O)CCNc1ncnc2ccsc12. The van der Waals surface area contributed by atoms with Gasteiger partial charge >= 0.3 is 0 Å². The molecular weight excluding hydrogens is 256 g/mol. The van der Waals surface area contributed by atoms with Crippen molar-refractivity contribution in [2.24, 2.45) is 0 Å². The van der Waals surface area contributed by atoms with Gasteiger partial charge in [-0.25, -0.2) is 9.97 Å². The Labute approximate surface area is 109 Å². The Morgan fingerprint density at radius 3 is 3.18 bits per heavy atom. The first kappa shape index (κ1) is 12.3. The maximum Gasteiger partial charge on any atom is 0.147 e. The monoisotopic (exact) mass is 265 g/mol. The van der Waals surface area contributed by atoms with Crippen molar-refractivity contribution < 1.29 is 4.79 Å². The number of hydrogen-bond acceptors (Lipinski definition) is 5. The number of fused-ring (bicyclic) bond motifs is 1. The standard InChI is InChI=1S/C10H9BClN3OS/c11-10(12,5-16)2-3-13-9-8-7(1-4-17-8)14-6-15-9/h1,4-6H,2-3H2,(H,13,14,15). The molecule has 0 aromatic carbocycles. The Bertz CT molecular complexity index is 531. The summed E-state index contributed by atoms with van der Waals surface area (Å²) >= 11 is 7.28. The van der Waals surface area contributed by atoms with E-state index in [0.29, 0.717) is 19.3 Å². The summed E-state index contributed by atoms with van der Waals surface area (Å²) < 4.78 is -0.329. The van der Waals surface area contributed by atoms with E-state index in [1.54, 1.807) is 11.3 Å². The van der Waals surface area contributed by atoms with Crippen LogP contribution in [0.4, 0.5) is 5.82 Å². The van der Waals surface area contributed by atoms with E-state index in [1.807, 2.05) is 11.4 Å². The molecule has 1 N–H and O–H groups in total. The van der Waals surface area contributed by atoms with Gasteiger partial charge in [-0.05, 0) is 17.9 Å². The number of halogens is 1. The van der Waals surface area contributed by atoms with Crippen LogP contribution < -0.4 is 5.32 Å². The molecule has 0 aliphatic heterocycles. The van der Waals surface area contributed by atoms with E-state index in [4.69, 9.17) is 19.4 Å². The van der Waals surface area contributed by atoms with E-state index in [1.165, 1.54) is 6.33 Å². The molecule has 0 aliphatic rings. The van der Waals surface area contributed by atoms with Gasteiger partial charge in [0.1, 0.15) is 26.3 Å². The second-order valence-corrected chi connectivity index (χ2v) is 5.20. The van der Waals surface area contributed by atoms with Gasteiger partial charge in [0, 0.05) is 6.54 Å². The topological polar surface area (TPSA) is 54.9 Å². The van der Waals surface area contributed by atoms with Crippen LogP contribution in [0.5, 0.6) is 0 Å². The second-order valence-electron chi connectivity index (χ2n) is 3.58. The Morgan fingerprint density at radius 2 is 2.41 bits per heavy atom.